The van der Waals surface area contributed by atoms with E-state index in [0.717, 1.165) is 5.75 Å². The monoisotopic (exact) mass is 338 g/mol. The maximum Gasteiger partial charge on any atom is 0.290 e. The van der Waals surface area contributed by atoms with Crippen LogP contribution in [0.3, 0.4) is 0 Å². The second kappa shape index (κ2) is 9.09. The zero-order chi connectivity index (χ0) is 16.5. The molecule has 2 rings (SSSR count). The molecule has 0 saturated heterocycles. The van der Waals surface area contributed by atoms with E-state index in [0.29, 0.717) is 19.6 Å². The van der Waals surface area contributed by atoms with E-state index in [1.807, 2.05) is 30.3 Å². The normalized spacial score (nSPS) is 10.6. The fourth-order valence-electron chi connectivity index (χ4n) is 1.82. The number of ether oxygens (including phenoxy) is 1. The summed E-state index contributed by atoms with van der Waals surface area (Å²) >= 11 is 0.264. The van der Waals surface area contributed by atoms with Gasteiger partial charge in [0.05, 0.1) is 12.2 Å². The molecule has 23 heavy (non-hydrogen) atoms. The number of nitrogens with one attached hydrogen (secondary N) is 1. The van der Waals surface area contributed by atoms with Crippen molar-refractivity contribution < 1.29 is 18.3 Å². The molecule has 122 valence electrons. The van der Waals surface area contributed by atoms with Gasteiger partial charge in [0.2, 0.25) is 0 Å². The molecule has 1 heterocycles. The molecule has 0 aliphatic heterocycles. The van der Waals surface area contributed by atoms with Crippen molar-refractivity contribution in [2.45, 2.75) is 17.2 Å². The number of pyridine rings is 1. The SMILES string of the molecule is O=C(NCCCOc1ccccc1)c1cccnc1SC(F)F. The molecule has 1 aromatic carbocycles. The van der Waals surface area contributed by atoms with Crippen LogP contribution in [0, 0.1) is 0 Å². The van der Waals surface area contributed by atoms with Crippen molar-refractivity contribution in [1.29, 1.82) is 0 Å². The summed E-state index contributed by atoms with van der Waals surface area (Å²) in [5, 5.41) is 2.71. The number of rotatable bonds is 8. The highest BCUT2D eigenvalue weighted by atomic mass is 32.2. The first-order valence-electron chi connectivity index (χ1n) is 7.02. The summed E-state index contributed by atoms with van der Waals surface area (Å²) in [7, 11) is 0. The number of halogens is 2. The lowest BCUT2D eigenvalue weighted by atomic mass is 10.2. The molecule has 1 amide bonds. The van der Waals surface area contributed by atoms with Crippen LogP contribution in [0.2, 0.25) is 0 Å². The van der Waals surface area contributed by atoms with Crippen molar-refractivity contribution in [3.05, 3.63) is 54.2 Å². The fraction of sp³-hybridized carbons (Fsp3) is 0.250. The van der Waals surface area contributed by atoms with E-state index >= 15 is 0 Å². The van der Waals surface area contributed by atoms with E-state index in [9.17, 15) is 13.6 Å². The summed E-state index contributed by atoms with van der Waals surface area (Å²) < 4.78 is 30.4. The molecule has 1 N–H and O–H groups in total. The van der Waals surface area contributed by atoms with Crippen LogP contribution in [-0.4, -0.2) is 29.8 Å². The largest absolute Gasteiger partial charge is 0.494 e. The van der Waals surface area contributed by atoms with Gasteiger partial charge in [0.25, 0.3) is 11.7 Å². The lowest BCUT2D eigenvalue weighted by Crippen LogP contribution is -2.26. The summed E-state index contributed by atoms with van der Waals surface area (Å²) in [4.78, 5) is 15.9. The van der Waals surface area contributed by atoms with Gasteiger partial charge in [0.15, 0.2) is 0 Å². The number of aromatic nitrogens is 1. The number of para-hydroxylation sites is 1. The van der Waals surface area contributed by atoms with Crippen molar-refractivity contribution in [2.75, 3.05) is 13.2 Å². The van der Waals surface area contributed by atoms with Gasteiger partial charge in [0, 0.05) is 12.7 Å². The molecule has 0 bridgehead atoms. The van der Waals surface area contributed by atoms with E-state index in [1.165, 1.54) is 12.3 Å². The maximum atomic E-state index is 12.5. The molecular weight excluding hydrogens is 322 g/mol. The molecule has 0 atom stereocenters. The first-order valence-corrected chi connectivity index (χ1v) is 7.90. The van der Waals surface area contributed by atoms with Gasteiger partial charge in [0.1, 0.15) is 10.8 Å². The lowest BCUT2D eigenvalue weighted by molar-refractivity contribution is 0.0948. The molecular formula is C16H16F2N2O2S. The molecule has 2 aromatic rings. The molecule has 0 aliphatic rings. The molecule has 0 saturated carbocycles. The average Bonchev–Trinajstić information content (AvgIpc) is 2.55. The third-order valence-electron chi connectivity index (χ3n) is 2.84. The number of benzene rings is 1. The Labute approximate surface area is 137 Å². The summed E-state index contributed by atoms with van der Waals surface area (Å²) in [5.74, 6) is -2.27. The Morgan fingerprint density at radius 1 is 1.22 bits per heavy atom. The van der Waals surface area contributed by atoms with Gasteiger partial charge in [-0.15, -0.1) is 0 Å². The third kappa shape index (κ3) is 5.86. The first-order chi connectivity index (χ1) is 11.2. The number of thioether (sulfide) groups is 1. The first kappa shape index (κ1) is 17.2. The van der Waals surface area contributed by atoms with E-state index < -0.39 is 11.7 Å². The smallest absolute Gasteiger partial charge is 0.290 e. The van der Waals surface area contributed by atoms with Crippen molar-refractivity contribution >= 4 is 17.7 Å². The quantitative estimate of drug-likeness (QED) is 0.590. The number of amides is 1. The molecule has 0 unspecified atom stereocenters. The van der Waals surface area contributed by atoms with Gasteiger partial charge >= 0.3 is 0 Å². The van der Waals surface area contributed by atoms with Gasteiger partial charge in [-0.1, -0.05) is 18.2 Å². The summed E-state index contributed by atoms with van der Waals surface area (Å²) in [6, 6.07) is 12.4. The number of carbonyl (C=O) groups excluding carboxylic acids is 1. The Morgan fingerprint density at radius 3 is 2.74 bits per heavy atom. The third-order valence-corrected chi connectivity index (χ3v) is 3.56. The molecule has 4 nitrogen and oxygen atoms in total. The fourth-order valence-corrected chi connectivity index (χ4v) is 2.40. The second-order valence-corrected chi connectivity index (χ2v) is 5.48. The molecule has 0 radical (unpaired) electrons. The van der Waals surface area contributed by atoms with Crippen LogP contribution in [-0.2, 0) is 0 Å². The highest BCUT2D eigenvalue weighted by Gasteiger charge is 2.16. The average molecular weight is 338 g/mol. The minimum Gasteiger partial charge on any atom is -0.494 e. The predicted molar refractivity (Wildman–Crippen MR) is 85.0 cm³/mol. The van der Waals surface area contributed by atoms with E-state index in [2.05, 4.69) is 10.3 Å². The zero-order valence-corrected chi connectivity index (χ0v) is 13.1. The number of hydrogen-bond donors (Lipinski definition) is 1. The minimum atomic E-state index is -2.62. The van der Waals surface area contributed by atoms with Crippen molar-refractivity contribution in [3.8, 4) is 5.75 Å². The van der Waals surface area contributed by atoms with Crippen LogP contribution < -0.4 is 10.1 Å². The van der Waals surface area contributed by atoms with Crippen molar-refractivity contribution in [3.63, 3.8) is 0 Å². The maximum absolute atomic E-state index is 12.5. The molecule has 0 aliphatic carbocycles. The van der Waals surface area contributed by atoms with Crippen LogP contribution >= 0.6 is 11.8 Å². The number of nitrogens with zero attached hydrogens (tertiary/aromatic N) is 1. The standard InChI is InChI=1S/C16H16F2N2O2S/c17-16(18)23-15-13(8-4-9-20-15)14(21)19-10-5-11-22-12-6-2-1-3-7-12/h1-4,6-9,16H,5,10-11H2,(H,19,21). The molecule has 1 aromatic heterocycles. The van der Waals surface area contributed by atoms with Crippen LogP contribution in [0.25, 0.3) is 0 Å². The second-order valence-electron chi connectivity index (χ2n) is 4.51. The highest BCUT2D eigenvalue weighted by molar-refractivity contribution is 7.99. The Hall–Kier alpha value is -2.15. The summed E-state index contributed by atoms with van der Waals surface area (Å²) in [6.45, 7) is 0.843. The van der Waals surface area contributed by atoms with Crippen LogP contribution in [0.5, 0.6) is 5.75 Å². The Kier molecular flexibility index (Phi) is 6.80. The summed E-state index contributed by atoms with van der Waals surface area (Å²) in [5.41, 5.74) is 0.154. The van der Waals surface area contributed by atoms with E-state index in [1.54, 1.807) is 6.07 Å². The van der Waals surface area contributed by atoms with Gasteiger partial charge in [-0.2, -0.15) is 8.78 Å². The molecule has 7 heteroatoms. The Balaban J connectivity index is 1.77. The van der Waals surface area contributed by atoms with Crippen molar-refractivity contribution in [2.24, 2.45) is 0 Å². The van der Waals surface area contributed by atoms with Gasteiger partial charge in [-0.25, -0.2) is 4.98 Å². The topological polar surface area (TPSA) is 51.2 Å². The van der Waals surface area contributed by atoms with E-state index in [4.69, 9.17) is 4.74 Å². The van der Waals surface area contributed by atoms with Crippen LogP contribution in [0.15, 0.2) is 53.7 Å². The number of alkyl halides is 2. The van der Waals surface area contributed by atoms with Gasteiger partial charge in [-0.05, 0) is 42.4 Å². The van der Waals surface area contributed by atoms with Gasteiger partial charge in [-0.3, -0.25) is 4.79 Å². The molecule has 0 fully saturated rings. The van der Waals surface area contributed by atoms with Gasteiger partial charge < -0.3 is 10.1 Å². The predicted octanol–water partition coefficient (Wildman–Crippen LogP) is 3.60. The van der Waals surface area contributed by atoms with E-state index in [-0.39, 0.29) is 22.4 Å². The van der Waals surface area contributed by atoms with Crippen LogP contribution in [0.4, 0.5) is 8.78 Å². The molecule has 0 spiro atoms. The number of hydrogen-bond acceptors (Lipinski definition) is 4. The van der Waals surface area contributed by atoms with Crippen LogP contribution in [0.1, 0.15) is 16.8 Å². The van der Waals surface area contributed by atoms with Crippen molar-refractivity contribution in [1.82, 2.24) is 10.3 Å². The summed E-state index contributed by atoms with van der Waals surface area (Å²) in [6.07, 6.45) is 1.99. The lowest BCUT2D eigenvalue weighted by Gasteiger charge is -2.09. The number of carbonyl (C=O) groups is 1. The Morgan fingerprint density at radius 2 is 2.00 bits per heavy atom. The minimum absolute atomic E-state index is 0.0283. The highest BCUT2D eigenvalue weighted by Crippen LogP contribution is 2.26. The zero-order valence-electron chi connectivity index (χ0n) is 12.2. The Bertz CT molecular complexity index is 626.